The SMILES string of the molecule is CC[C@@H]1C[C@]1(NC(=O)[C@@H]1C[C@@H](OC(=O)N2Cc3cccc(F)c3C2)CN1C(=O)[C@@H](Nc1cccc(Cl)c1)C(C)C)C(=O)NS(=O)(=O)C1CC1. The van der Waals surface area contributed by atoms with Crippen molar-refractivity contribution in [2.75, 3.05) is 11.9 Å². The van der Waals surface area contributed by atoms with Crippen LogP contribution in [-0.2, 0) is 42.2 Å². The Balaban J connectivity index is 1.22. The standard InChI is InChI=1S/C34H41ClFN5O7S/c1-4-21-15-34(21,32(44)39-49(46,47)25-11-12-25)38-30(42)28-14-24(48-33(45)40-16-20-7-5-10-27(36)26(20)18-40)17-41(28)31(43)29(19(2)3)37-23-9-6-8-22(35)13-23/h5-10,13,19,21,24-25,28-29,37H,4,11-12,14-18H2,1-3H3,(H,38,42)(H,39,44)/t21-,24-,28+,29+,34-/m1/s1. The molecule has 0 radical (unpaired) electrons. The van der Waals surface area contributed by atoms with Crippen molar-refractivity contribution >= 4 is 51.1 Å². The summed E-state index contributed by atoms with van der Waals surface area (Å²) in [5, 5.41) is 5.87. The highest BCUT2D eigenvalue weighted by molar-refractivity contribution is 7.91. The minimum absolute atomic E-state index is 0.0267. The van der Waals surface area contributed by atoms with Crippen molar-refractivity contribution in [3.05, 3.63) is 64.4 Å². The van der Waals surface area contributed by atoms with Crippen LogP contribution in [0.15, 0.2) is 42.5 Å². The molecule has 2 aliphatic heterocycles. The quantitative estimate of drug-likeness (QED) is 0.316. The van der Waals surface area contributed by atoms with Gasteiger partial charge >= 0.3 is 6.09 Å². The normalized spacial score (nSPS) is 25.1. The van der Waals surface area contributed by atoms with E-state index in [-0.39, 0.29) is 44.3 Å². The van der Waals surface area contributed by atoms with Gasteiger partial charge in [-0.05, 0) is 60.9 Å². The van der Waals surface area contributed by atoms with Crippen molar-refractivity contribution in [1.82, 2.24) is 19.8 Å². The monoisotopic (exact) mass is 717 g/mol. The summed E-state index contributed by atoms with van der Waals surface area (Å²) >= 11 is 6.18. The Morgan fingerprint density at radius 3 is 2.47 bits per heavy atom. The number of nitrogens with one attached hydrogen (secondary N) is 3. The van der Waals surface area contributed by atoms with Crippen LogP contribution in [0.1, 0.15) is 64.0 Å². The van der Waals surface area contributed by atoms with Gasteiger partial charge in [0.1, 0.15) is 29.5 Å². The highest BCUT2D eigenvalue weighted by atomic mass is 35.5. The van der Waals surface area contributed by atoms with Crippen LogP contribution in [0.25, 0.3) is 0 Å². The smallest absolute Gasteiger partial charge is 0.410 e. The summed E-state index contributed by atoms with van der Waals surface area (Å²) in [6.07, 6.45) is 0.0468. The molecule has 5 atom stereocenters. The number of anilines is 1. The van der Waals surface area contributed by atoms with Crippen LogP contribution in [0.4, 0.5) is 14.9 Å². The number of rotatable bonds is 11. The van der Waals surface area contributed by atoms with Crippen LogP contribution in [0.2, 0.25) is 5.02 Å². The van der Waals surface area contributed by atoms with Gasteiger partial charge in [-0.3, -0.25) is 24.0 Å². The number of carbonyl (C=O) groups is 4. The second-order valence-electron chi connectivity index (χ2n) is 13.8. The molecule has 2 aliphatic carbocycles. The first kappa shape index (κ1) is 34.9. The highest BCUT2D eigenvalue weighted by Gasteiger charge is 2.62. The molecular formula is C34H41ClFN5O7S. The molecule has 0 aromatic heterocycles. The van der Waals surface area contributed by atoms with Crippen LogP contribution in [0.3, 0.4) is 0 Å². The van der Waals surface area contributed by atoms with E-state index in [9.17, 15) is 32.0 Å². The molecule has 4 amide bonds. The number of amides is 4. The Bertz CT molecular complexity index is 1770. The molecule has 1 saturated heterocycles. The van der Waals surface area contributed by atoms with Gasteiger partial charge < -0.3 is 20.3 Å². The predicted octanol–water partition coefficient (Wildman–Crippen LogP) is 3.93. The molecule has 12 nitrogen and oxygen atoms in total. The van der Waals surface area contributed by atoms with Crippen LogP contribution in [0, 0.1) is 17.7 Å². The Kier molecular flexibility index (Phi) is 9.57. The first-order valence-corrected chi connectivity index (χ1v) is 18.6. The van der Waals surface area contributed by atoms with Crippen LogP contribution in [-0.4, -0.2) is 77.6 Å². The molecule has 2 aromatic rings. The second kappa shape index (κ2) is 13.4. The number of benzene rings is 2. The molecule has 3 fully saturated rings. The molecule has 2 heterocycles. The lowest BCUT2D eigenvalue weighted by atomic mass is 10.0. The maximum Gasteiger partial charge on any atom is 0.410 e. The summed E-state index contributed by atoms with van der Waals surface area (Å²) in [5.74, 6) is -2.82. The summed E-state index contributed by atoms with van der Waals surface area (Å²) in [6, 6.07) is 9.59. The third-order valence-corrected chi connectivity index (χ3v) is 12.0. The summed E-state index contributed by atoms with van der Waals surface area (Å²) < 4.78 is 47.6. The average molecular weight is 718 g/mol. The average Bonchev–Trinajstić information content (AvgIpc) is 3.94. The van der Waals surface area contributed by atoms with Gasteiger partial charge in [0.25, 0.3) is 5.91 Å². The minimum atomic E-state index is -3.87. The van der Waals surface area contributed by atoms with Crippen LogP contribution >= 0.6 is 11.6 Å². The fraction of sp³-hybridized carbons (Fsp3) is 0.529. The number of ether oxygens (including phenoxy) is 1. The van der Waals surface area contributed by atoms with E-state index in [4.69, 9.17) is 16.3 Å². The molecule has 49 heavy (non-hydrogen) atoms. The lowest BCUT2D eigenvalue weighted by molar-refractivity contribution is -0.140. The molecule has 264 valence electrons. The van der Waals surface area contributed by atoms with Crippen molar-refractivity contribution in [1.29, 1.82) is 0 Å². The number of hydrogen-bond acceptors (Lipinski definition) is 8. The molecule has 0 spiro atoms. The zero-order valence-corrected chi connectivity index (χ0v) is 29.2. The number of nitrogens with zero attached hydrogens (tertiary/aromatic N) is 2. The number of carbonyl (C=O) groups excluding carboxylic acids is 4. The zero-order valence-electron chi connectivity index (χ0n) is 27.6. The second-order valence-corrected chi connectivity index (χ2v) is 16.2. The molecule has 6 rings (SSSR count). The van der Waals surface area contributed by atoms with Gasteiger partial charge in [0.05, 0.1) is 18.3 Å². The number of sulfonamides is 1. The first-order chi connectivity index (χ1) is 23.2. The number of halogens is 2. The van der Waals surface area contributed by atoms with Crippen molar-refractivity contribution < 1.29 is 36.7 Å². The van der Waals surface area contributed by atoms with E-state index in [2.05, 4.69) is 15.4 Å². The van der Waals surface area contributed by atoms with Crippen LogP contribution in [0.5, 0.6) is 0 Å². The number of likely N-dealkylation sites (tertiary alicyclic amines) is 1. The van der Waals surface area contributed by atoms with E-state index < -0.39 is 68.6 Å². The lowest BCUT2D eigenvalue weighted by Crippen LogP contribution is -2.58. The largest absolute Gasteiger partial charge is 0.444 e. The molecule has 0 bridgehead atoms. The van der Waals surface area contributed by atoms with Crippen molar-refractivity contribution in [2.45, 2.75) is 94.9 Å². The van der Waals surface area contributed by atoms with Gasteiger partial charge in [-0.15, -0.1) is 0 Å². The molecule has 4 aliphatic rings. The highest BCUT2D eigenvalue weighted by Crippen LogP contribution is 2.47. The van der Waals surface area contributed by atoms with E-state index in [1.165, 1.54) is 15.9 Å². The van der Waals surface area contributed by atoms with Gasteiger partial charge in [-0.2, -0.15) is 0 Å². The maximum absolute atomic E-state index is 14.4. The third kappa shape index (κ3) is 7.21. The number of fused-ring (bicyclic) bond motifs is 1. The lowest BCUT2D eigenvalue weighted by Gasteiger charge is -2.31. The predicted molar refractivity (Wildman–Crippen MR) is 179 cm³/mol. The van der Waals surface area contributed by atoms with E-state index in [0.29, 0.717) is 41.1 Å². The van der Waals surface area contributed by atoms with Crippen molar-refractivity contribution in [2.24, 2.45) is 11.8 Å². The van der Waals surface area contributed by atoms with Crippen molar-refractivity contribution in [3.8, 4) is 0 Å². The summed E-state index contributed by atoms with van der Waals surface area (Å²) in [6.45, 7) is 5.62. The summed E-state index contributed by atoms with van der Waals surface area (Å²) in [4.78, 5) is 57.8. The summed E-state index contributed by atoms with van der Waals surface area (Å²) in [7, 11) is -3.87. The fourth-order valence-corrected chi connectivity index (χ4v) is 8.40. The van der Waals surface area contributed by atoms with Gasteiger partial charge in [-0.25, -0.2) is 17.6 Å². The Morgan fingerprint density at radius 2 is 1.84 bits per heavy atom. The zero-order chi connectivity index (χ0) is 35.2. The summed E-state index contributed by atoms with van der Waals surface area (Å²) in [5.41, 5.74) is 0.236. The van der Waals surface area contributed by atoms with Gasteiger partial charge in [-0.1, -0.05) is 57.0 Å². The fourth-order valence-electron chi connectivity index (χ4n) is 6.85. The third-order valence-electron chi connectivity index (χ3n) is 9.93. The Morgan fingerprint density at radius 1 is 1.10 bits per heavy atom. The molecule has 15 heteroatoms. The number of hydrogen-bond donors (Lipinski definition) is 3. The van der Waals surface area contributed by atoms with E-state index >= 15 is 0 Å². The maximum atomic E-state index is 14.4. The van der Waals surface area contributed by atoms with Gasteiger partial charge in [0.2, 0.25) is 21.8 Å². The Hall–Kier alpha value is -3.91. The van der Waals surface area contributed by atoms with E-state index in [0.717, 1.165) is 0 Å². The molecule has 2 aromatic carbocycles. The topological polar surface area (TPSA) is 154 Å². The molecule has 0 unspecified atom stereocenters. The van der Waals surface area contributed by atoms with Gasteiger partial charge in [0, 0.05) is 29.2 Å². The molecule has 3 N–H and O–H groups in total. The van der Waals surface area contributed by atoms with Crippen LogP contribution < -0.4 is 15.4 Å². The first-order valence-electron chi connectivity index (χ1n) is 16.6. The minimum Gasteiger partial charge on any atom is -0.444 e. The van der Waals surface area contributed by atoms with Crippen molar-refractivity contribution in [3.63, 3.8) is 0 Å². The van der Waals surface area contributed by atoms with Gasteiger partial charge in [0.15, 0.2) is 0 Å². The van der Waals surface area contributed by atoms with E-state index in [1.54, 1.807) is 36.4 Å². The Labute approximate surface area is 290 Å². The van der Waals surface area contributed by atoms with E-state index in [1.807, 2.05) is 20.8 Å². The molecule has 2 saturated carbocycles. The molecular weight excluding hydrogens is 677 g/mol.